The zero-order valence-corrected chi connectivity index (χ0v) is 22.9. The van der Waals surface area contributed by atoms with Crippen molar-refractivity contribution >= 4 is 52.0 Å². The monoisotopic (exact) mass is 541 g/mol. The summed E-state index contributed by atoms with van der Waals surface area (Å²) in [5.74, 6) is 0.686. The lowest BCUT2D eigenvalue weighted by Crippen LogP contribution is -2.30. The number of hydrogen-bond donors (Lipinski definition) is 0. The number of rotatable bonds is 9. The average molecular weight is 542 g/mol. The zero-order chi connectivity index (χ0) is 26.7. The number of aromatic nitrogens is 1. The number of amides is 1. The molecular formula is C27H28ClN3O5S. The molecule has 1 aromatic carbocycles. The minimum absolute atomic E-state index is 0.0553. The Morgan fingerprint density at radius 3 is 2.68 bits per heavy atom. The van der Waals surface area contributed by atoms with Crippen molar-refractivity contribution in [3.05, 3.63) is 76.1 Å². The van der Waals surface area contributed by atoms with Crippen LogP contribution in [0.15, 0.2) is 57.8 Å². The Kier molecular flexibility index (Phi) is 8.26. The number of aliphatic imine (C=N–C) groups is 1. The first kappa shape index (κ1) is 26.8. The summed E-state index contributed by atoms with van der Waals surface area (Å²) < 4.78 is 18.0. The topological polar surface area (TPSA) is 86.3 Å². The van der Waals surface area contributed by atoms with E-state index < -0.39 is 0 Å². The van der Waals surface area contributed by atoms with Crippen molar-refractivity contribution in [2.45, 2.75) is 26.8 Å². The highest BCUT2D eigenvalue weighted by molar-refractivity contribution is 8.14. The number of furan rings is 1. The molecule has 1 atom stereocenters. The molecule has 8 nitrogen and oxygen atoms in total. The van der Waals surface area contributed by atoms with Crippen LogP contribution < -0.4 is 9.64 Å². The van der Waals surface area contributed by atoms with Gasteiger partial charge in [0.1, 0.15) is 17.2 Å². The van der Waals surface area contributed by atoms with Gasteiger partial charge in [-0.2, -0.15) is 0 Å². The summed E-state index contributed by atoms with van der Waals surface area (Å²) in [6.07, 6.45) is 3.09. The van der Waals surface area contributed by atoms with Gasteiger partial charge in [0, 0.05) is 30.1 Å². The zero-order valence-electron chi connectivity index (χ0n) is 21.3. The maximum absolute atomic E-state index is 13.4. The number of amidine groups is 1. The van der Waals surface area contributed by atoms with Crippen LogP contribution in [-0.4, -0.2) is 48.0 Å². The highest BCUT2D eigenvalue weighted by atomic mass is 35.5. The predicted octanol–water partition coefficient (Wildman–Crippen LogP) is 5.93. The fraction of sp³-hybridized carbons (Fsp3) is 0.296. The van der Waals surface area contributed by atoms with Crippen LogP contribution in [0.4, 0.5) is 5.69 Å². The number of hydrogen-bond acceptors (Lipinski definition) is 7. The summed E-state index contributed by atoms with van der Waals surface area (Å²) in [5.41, 5.74) is 3.23. The molecule has 0 unspecified atom stereocenters. The van der Waals surface area contributed by atoms with Crippen molar-refractivity contribution in [1.82, 2.24) is 4.57 Å². The van der Waals surface area contributed by atoms with Gasteiger partial charge in [0.25, 0.3) is 5.91 Å². The minimum Gasteiger partial charge on any atom is -0.495 e. The molecule has 0 aliphatic carbocycles. The quantitative estimate of drug-likeness (QED) is 0.246. The Labute approximate surface area is 224 Å². The number of methoxy groups -OCH3 is 2. The molecule has 3 heterocycles. The Balaban J connectivity index is 1.62. The van der Waals surface area contributed by atoms with E-state index in [0.717, 1.165) is 11.4 Å². The summed E-state index contributed by atoms with van der Waals surface area (Å²) >= 11 is 7.53. The molecule has 0 bridgehead atoms. The molecule has 0 saturated heterocycles. The average Bonchev–Trinajstić information content (AvgIpc) is 3.56. The number of halogens is 1. The first-order chi connectivity index (χ1) is 17.7. The van der Waals surface area contributed by atoms with Gasteiger partial charge in [0.2, 0.25) is 0 Å². The van der Waals surface area contributed by atoms with Gasteiger partial charge in [-0.1, -0.05) is 23.4 Å². The van der Waals surface area contributed by atoms with Gasteiger partial charge in [-0.15, -0.1) is 0 Å². The number of carbonyl (C=O) groups is 2. The van der Waals surface area contributed by atoms with E-state index >= 15 is 0 Å². The van der Waals surface area contributed by atoms with Gasteiger partial charge in [0.15, 0.2) is 11.0 Å². The van der Waals surface area contributed by atoms with E-state index in [9.17, 15) is 9.59 Å². The molecule has 37 heavy (non-hydrogen) atoms. The fourth-order valence-electron chi connectivity index (χ4n) is 4.38. The van der Waals surface area contributed by atoms with Crippen LogP contribution in [0.3, 0.4) is 0 Å². The molecule has 10 heteroatoms. The third kappa shape index (κ3) is 5.53. The molecule has 0 radical (unpaired) electrons. The smallest absolute Gasteiger partial charge is 0.283 e. The van der Waals surface area contributed by atoms with Crippen molar-refractivity contribution in [3.8, 4) is 5.75 Å². The van der Waals surface area contributed by atoms with Crippen LogP contribution in [0.1, 0.15) is 40.5 Å². The number of thioether (sulfide) groups is 1. The SMILES string of the molecule is COC[C@@H](C)n1c(C)cc(C(=O)CSC2=N/C(=C/c3ccco3)C(=O)N2c2ccc(OC)c(Cl)c2)c1C. The lowest BCUT2D eigenvalue weighted by atomic mass is 10.2. The van der Waals surface area contributed by atoms with Gasteiger partial charge < -0.3 is 18.5 Å². The van der Waals surface area contributed by atoms with E-state index in [1.165, 1.54) is 30.0 Å². The van der Waals surface area contributed by atoms with E-state index in [-0.39, 0.29) is 29.2 Å². The lowest BCUT2D eigenvalue weighted by molar-refractivity contribution is -0.113. The number of nitrogens with zero attached hydrogens (tertiary/aromatic N) is 3. The number of ether oxygens (including phenoxy) is 2. The number of carbonyl (C=O) groups excluding carboxylic acids is 2. The molecule has 4 rings (SSSR count). The third-order valence-electron chi connectivity index (χ3n) is 6.01. The Hall–Kier alpha value is -3.27. The van der Waals surface area contributed by atoms with Crippen LogP contribution >= 0.6 is 23.4 Å². The Morgan fingerprint density at radius 1 is 1.24 bits per heavy atom. The van der Waals surface area contributed by atoms with E-state index in [1.807, 2.05) is 19.9 Å². The fourth-order valence-corrected chi connectivity index (χ4v) is 5.53. The first-order valence-electron chi connectivity index (χ1n) is 11.6. The van der Waals surface area contributed by atoms with Gasteiger partial charge in [-0.05, 0) is 57.2 Å². The highest BCUT2D eigenvalue weighted by Gasteiger charge is 2.33. The predicted molar refractivity (Wildman–Crippen MR) is 147 cm³/mol. The molecule has 0 fully saturated rings. The van der Waals surface area contributed by atoms with E-state index in [2.05, 4.69) is 16.5 Å². The maximum Gasteiger partial charge on any atom is 0.283 e. The molecule has 0 saturated carbocycles. The maximum atomic E-state index is 13.4. The summed E-state index contributed by atoms with van der Waals surface area (Å²) in [5, 5.41) is 0.730. The second kappa shape index (κ2) is 11.4. The number of Topliss-reactive ketones (excluding diaryl/α,β-unsaturated/α-hetero) is 1. The van der Waals surface area contributed by atoms with Gasteiger partial charge >= 0.3 is 0 Å². The highest BCUT2D eigenvalue weighted by Crippen LogP contribution is 2.35. The summed E-state index contributed by atoms with van der Waals surface area (Å²) in [6.45, 7) is 6.51. The van der Waals surface area contributed by atoms with Crippen molar-refractivity contribution in [2.24, 2.45) is 4.99 Å². The first-order valence-corrected chi connectivity index (χ1v) is 13.0. The standard InChI is InChI=1S/C27H28ClN3O5S/c1-16-11-21(18(3)30(16)17(2)14-34-4)24(32)15-37-27-29-23(13-20-7-6-10-36-20)26(33)31(27)19-8-9-25(35-5)22(28)12-19/h6-13,17H,14-15H2,1-5H3/b23-13+/t17-/m1/s1. The number of benzene rings is 1. The van der Waals surface area contributed by atoms with Crippen LogP contribution in [0.2, 0.25) is 5.02 Å². The largest absolute Gasteiger partial charge is 0.495 e. The number of ketones is 1. The van der Waals surface area contributed by atoms with Crippen LogP contribution in [0.5, 0.6) is 5.75 Å². The van der Waals surface area contributed by atoms with Crippen molar-refractivity contribution in [2.75, 3.05) is 31.5 Å². The molecule has 0 spiro atoms. The lowest BCUT2D eigenvalue weighted by Gasteiger charge is -2.19. The Bertz CT molecular complexity index is 1380. The molecule has 1 aliphatic heterocycles. The minimum atomic E-state index is -0.348. The molecule has 194 valence electrons. The molecule has 3 aromatic rings. The van der Waals surface area contributed by atoms with E-state index in [0.29, 0.717) is 39.6 Å². The van der Waals surface area contributed by atoms with Crippen molar-refractivity contribution in [3.63, 3.8) is 0 Å². The number of aryl methyl sites for hydroxylation is 1. The van der Waals surface area contributed by atoms with E-state index in [4.69, 9.17) is 25.5 Å². The summed E-state index contributed by atoms with van der Waals surface area (Å²) in [6, 6.07) is 10.5. The van der Waals surface area contributed by atoms with E-state index in [1.54, 1.807) is 43.5 Å². The molecule has 2 aromatic heterocycles. The third-order valence-corrected chi connectivity index (χ3v) is 7.25. The van der Waals surface area contributed by atoms with Crippen LogP contribution in [0.25, 0.3) is 6.08 Å². The van der Waals surface area contributed by atoms with Crippen molar-refractivity contribution in [1.29, 1.82) is 0 Å². The van der Waals surface area contributed by atoms with Crippen LogP contribution in [0, 0.1) is 13.8 Å². The summed E-state index contributed by atoms with van der Waals surface area (Å²) in [4.78, 5) is 32.6. The van der Waals surface area contributed by atoms with Gasteiger partial charge in [-0.3, -0.25) is 14.5 Å². The second-order valence-electron chi connectivity index (χ2n) is 8.57. The molecule has 0 N–H and O–H groups in total. The van der Waals surface area contributed by atoms with Gasteiger partial charge in [-0.25, -0.2) is 4.99 Å². The van der Waals surface area contributed by atoms with Crippen molar-refractivity contribution < 1.29 is 23.5 Å². The van der Waals surface area contributed by atoms with Gasteiger partial charge in [0.05, 0.1) is 42.5 Å². The second-order valence-corrected chi connectivity index (χ2v) is 9.92. The molecule has 1 amide bonds. The molecule has 1 aliphatic rings. The number of anilines is 1. The normalized spacial score (nSPS) is 15.4. The Morgan fingerprint density at radius 2 is 2.03 bits per heavy atom. The molecular weight excluding hydrogens is 514 g/mol. The van der Waals surface area contributed by atoms with Crippen LogP contribution in [-0.2, 0) is 9.53 Å². The summed E-state index contributed by atoms with van der Waals surface area (Å²) in [7, 11) is 3.18.